The van der Waals surface area contributed by atoms with E-state index >= 15 is 0 Å². The third kappa shape index (κ3) is 7.31. The van der Waals surface area contributed by atoms with Gasteiger partial charge in [-0.2, -0.15) is 0 Å². The van der Waals surface area contributed by atoms with E-state index in [1.54, 1.807) is 0 Å². The number of amides is 3. The first-order valence-electron chi connectivity index (χ1n) is 9.27. The highest BCUT2D eigenvalue weighted by molar-refractivity contribution is 5.96. The Kier molecular flexibility index (Phi) is 9.17. The first kappa shape index (κ1) is 24.8. The maximum Gasteiger partial charge on any atom is 0.325 e. The van der Waals surface area contributed by atoms with E-state index in [4.69, 9.17) is 21.1 Å². The number of carboxylic acids is 3. The molecule has 4 atom stereocenters. The average Bonchev–Trinajstić information content (AvgIpc) is 3.14. The highest BCUT2D eigenvalue weighted by Gasteiger charge is 2.39. The standard InChI is InChI=1S/C17H26N4O9/c1-8(17(29)30)19-15(27)11-3-2-6-21(11)16(28)10(7-13(24)25)20-14(26)9(18)4-5-12(22)23/h8-11H,2-7,18H2,1H3,(H,19,27)(H,20,26)(H,22,23)(H,24,25)(H,29,30). The number of carbonyl (C=O) groups is 6. The highest BCUT2D eigenvalue weighted by Crippen LogP contribution is 2.19. The van der Waals surface area contributed by atoms with Crippen LogP contribution in [-0.2, 0) is 28.8 Å². The van der Waals surface area contributed by atoms with Crippen LogP contribution in [0.3, 0.4) is 0 Å². The molecule has 0 bridgehead atoms. The van der Waals surface area contributed by atoms with Crippen molar-refractivity contribution in [3.63, 3.8) is 0 Å². The van der Waals surface area contributed by atoms with Crippen LogP contribution in [0.15, 0.2) is 0 Å². The molecule has 7 N–H and O–H groups in total. The molecule has 1 aliphatic heterocycles. The number of nitrogens with two attached hydrogens (primary N) is 1. The fourth-order valence-electron chi connectivity index (χ4n) is 2.94. The summed E-state index contributed by atoms with van der Waals surface area (Å²) in [7, 11) is 0. The predicted molar refractivity (Wildman–Crippen MR) is 99.0 cm³/mol. The summed E-state index contributed by atoms with van der Waals surface area (Å²) in [5, 5.41) is 31.1. The van der Waals surface area contributed by atoms with Gasteiger partial charge < -0.3 is 36.6 Å². The molecule has 0 spiro atoms. The second-order valence-corrected chi connectivity index (χ2v) is 6.96. The second-order valence-electron chi connectivity index (χ2n) is 6.96. The van der Waals surface area contributed by atoms with E-state index in [0.29, 0.717) is 6.42 Å². The number of aliphatic carboxylic acids is 3. The van der Waals surface area contributed by atoms with Crippen LogP contribution in [0.5, 0.6) is 0 Å². The Bertz CT molecular complexity index is 711. The third-order valence-corrected chi connectivity index (χ3v) is 4.57. The summed E-state index contributed by atoms with van der Waals surface area (Å²) < 4.78 is 0. The van der Waals surface area contributed by atoms with Gasteiger partial charge in [0, 0.05) is 13.0 Å². The van der Waals surface area contributed by atoms with E-state index in [1.165, 1.54) is 6.92 Å². The zero-order valence-electron chi connectivity index (χ0n) is 16.4. The average molecular weight is 430 g/mol. The van der Waals surface area contributed by atoms with Crippen LogP contribution in [0, 0.1) is 0 Å². The molecule has 0 aliphatic carbocycles. The van der Waals surface area contributed by atoms with Crippen LogP contribution in [0.4, 0.5) is 0 Å². The fraction of sp³-hybridized carbons (Fsp3) is 0.647. The largest absolute Gasteiger partial charge is 0.481 e. The number of carboxylic acid groups (broad SMARTS) is 3. The van der Waals surface area contributed by atoms with E-state index in [9.17, 15) is 28.8 Å². The minimum Gasteiger partial charge on any atom is -0.481 e. The highest BCUT2D eigenvalue weighted by atomic mass is 16.4. The molecular formula is C17H26N4O9. The van der Waals surface area contributed by atoms with Crippen molar-refractivity contribution in [3.05, 3.63) is 0 Å². The molecule has 1 fully saturated rings. The third-order valence-electron chi connectivity index (χ3n) is 4.57. The lowest BCUT2D eigenvalue weighted by Crippen LogP contribution is -2.57. The SMILES string of the molecule is CC(NC(=O)C1CCCN1C(=O)C(CC(=O)O)NC(=O)C(N)CCC(=O)O)C(=O)O. The molecule has 0 radical (unpaired) electrons. The minimum atomic E-state index is -1.52. The van der Waals surface area contributed by atoms with Crippen molar-refractivity contribution in [1.82, 2.24) is 15.5 Å². The van der Waals surface area contributed by atoms with Crippen LogP contribution < -0.4 is 16.4 Å². The van der Waals surface area contributed by atoms with E-state index < -0.39 is 66.2 Å². The monoisotopic (exact) mass is 430 g/mol. The lowest BCUT2D eigenvalue weighted by molar-refractivity contribution is -0.147. The summed E-state index contributed by atoms with van der Waals surface area (Å²) in [6.07, 6.45) is -0.696. The van der Waals surface area contributed by atoms with Gasteiger partial charge in [-0.25, -0.2) is 0 Å². The van der Waals surface area contributed by atoms with Gasteiger partial charge >= 0.3 is 17.9 Å². The van der Waals surface area contributed by atoms with Crippen LogP contribution in [-0.4, -0.2) is 86.6 Å². The molecule has 13 nitrogen and oxygen atoms in total. The molecule has 4 unspecified atom stereocenters. The number of nitrogens with one attached hydrogen (secondary N) is 2. The summed E-state index contributed by atoms with van der Waals surface area (Å²) >= 11 is 0. The molecule has 3 amide bonds. The summed E-state index contributed by atoms with van der Waals surface area (Å²) in [6.45, 7) is 1.38. The van der Waals surface area contributed by atoms with Gasteiger partial charge in [-0.15, -0.1) is 0 Å². The summed E-state index contributed by atoms with van der Waals surface area (Å²) in [6, 6.07) is -4.97. The number of carbonyl (C=O) groups excluding carboxylic acids is 3. The van der Waals surface area contributed by atoms with Gasteiger partial charge in [0.1, 0.15) is 18.1 Å². The Morgan fingerprint density at radius 3 is 2.23 bits per heavy atom. The smallest absolute Gasteiger partial charge is 0.325 e. The van der Waals surface area contributed by atoms with Crippen molar-refractivity contribution in [3.8, 4) is 0 Å². The first-order valence-corrected chi connectivity index (χ1v) is 9.27. The molecule has 168 valence electrons. The molecule has 0 saturated carbocycles. The summed E-state index contributed by atoms with van der Waals surface area (Å²) in [4.78, 5) is 71.1. The van der Waals surface area contributed by atoms with Gasteiger partial charge in [0.15, 0.2) is 0 Å². The number of likely N-dealkylation sites (tertiary alicyclic amines) is 1. The zero-order chi connectivity index (χ0) is 23.0. The zero-order valence-corrected chi connectivity index (χ0v) is 16.4. The maximum absolute atomic E-state index is 12.9. The van der Waals surface area contributed by atoms with Crippen molar-refractivity contribution in [2.24, 2.45) is 5.73 Å². The van der Waals surface area contributed by atoms with E-state index in [-0.39, 0.29) is 25.8 Å². The van der Waals surface area contributed by atoms with Gasteiger partial charge in [0.2, 0.25) is 17.7 Å². The number of nitrogens with zero attached hydrogens (tertiary/aromatic N) is 1. The molecule has 30 heavy (non-hydrogen) atoms. The molecule has 1 rings (SSSR count). The van der Waals surface area contributed by atoms with Crippen LogP contribution >= 0.6 is 0 Å². The Morgan fingerprint density at radius 2 is 1.70 bits per heavy atom. The number of hydrogen-bond donors (Lipinski definition) is 6. The predicted octanol–water partition coefficient (Wildman–Crippen LogP) is -2.28. The maximum atomic E-state index is 12.9. The van der Waals surface area contributed by atoms with Crippen molar-refractivity contribution in [2.45, 2.75) is 63.2 Å². The quantitative estimate of drug-likeness (QED) is 0.206. The fourth-order valence-corrected chi connectivity index (χ4v) is 2.94. The Balaban J connectivity index is 2.89. The molecule has 1 heterocycles. The Labute approximate surface area is 171 Å². The van der Waals surface area contributed by atoms with E-state index in [1.807, 2.05) is 0 Å². The summed E-state index contributed by atoms with van der Waals surface area (Å²) in [5.74, 6) is -6.22. The van der Waals surface area contributed by atoms with Gasteiger partial charge in [-0.05, 0) is 26.2 Å². The normalized spacial score (nSPS) is 18.7. The van der Waals surface area contributed by atoms with Gasteiger partial charge in [-0.1, -0.05) is 0 Å². The van der Waals surface area contributed by atoms with E-state index in [0.717, 1.165) is 4.90 Å². The van der Waals surface area contributed by atoms with Crippen molar-refractivity contribution in [2.75, 3.05) is 6.54 Å². The Hall–Kier alpha value is -3.22. The van der Waals surface area contributed by atoms with Gasteiger partial charge in [-0.3, -0.25) is 28.8 Å². The van der Waals surface area contributed by atoms with Crippen molar-refractivity contribution in [1.29, 1.82) is 0 Å². The molecule has 1 aliphatic rings. The number of hydrogen-bond acceptors (Lipinski definition) is 7. The van der Waals surface area contributed by atoms with Crippen molar-refractivity contribution >= 4 is 35.6 Å². The lowest BCUT2D eigenvalue weighted by Gasteiger charge is -2.29. The molecular weight excluding hydrogens is 404 g/mol. The van der Waals surface area contributed by atoms with Crippen LogP contribution in [0.1, 0.15) is 39.0 Å². The molecule has 0 aromatic rings. The Morgan fingerprint density at radius 1 is 1.07 bits per heavy atom. The van der Waals surface area contributed by atoms with Gasteiger partial charge in [0.05, 0.1) is 12.5 Å². The summed E-state index contributed by atoms with van der Waals surface area (Å²) in [5.41, 5.74) is 5.59. The molecule has 0 aromatic heterocycles. The second kappa shape index (κ2) is 11.1. The van der Waals surface area contributed by atoms with Crippen molar-refractivity contribution < 1.29 is 44.1 Å². The number of rotatable bonds is 11. The topological polar surface area (TPSA) is 216 Å². The molecule has 13 heteroatoms. The molecule has 0 aromatic carbocycles. The first-order chi connectivity index (χ1) is 13.9. The van der Waals surface area contributed by atoms with Crippen LogP contribution in [0.2, 0.25) is 0 Å². The lowest BCUT2D eigenvalue weighted by atomic mass is 10.1. The minimum absolute atomic E-state index is 0.120. The van der Waals surface area contributed by atoms with E-state index in [2.05, 4.69) is 10.6 Å². The molecule has 1 saturated heterocycles. The van der Waals surface area contributed by atoms with Crippen LogP contribution in [0.25, 0.3) is 0 Å². The van der Waals surface area contributed by atoms with Gasteiger partial charge in [0.25, 0.3) is 0 Å².